The highest BCUT2D eigenvalue weighted by atomic mass is 16.5. The lowest BCUT2D eigenvalue weighted by molar-refractivity contribution is -0.141. The van der Waals surface area contributed by atoms with Crippen LogP contribution in [0.15, 0.2) is 0 Å². The molecule has 104 valence electrons. The van der Waals surface area contributed by atoms with Gasteiger partial charge in [-0.3, -0.25) is 14.4 Å². The number of hydrogen-bond donors (Lipinski definition) is 2. The van der Waals surface area contributed by atoms with Gasteiger partial charge in [0.25, 0.3) is 0 Å². The molecule has 0 aliphatic rings. The predicted octanol–water partition coefficient (Wildman–Crippen LogP) is 1.09. The topological polar surface area (TPSA) is 92.7 Å². The van der Waals surface area contributed by atoms with Gasteiger partial charge in [-0.15, -0.1) is 0 Å². The molecule has 0 saturated heterocycles. The maximum atomic E-state index is 11.3. The second-order valence-corrected chi connectivity index (χ2v) is 3.98. The van der Waals surface area contributed by atoms with E-state index in [1.807, 2.05) is 0 Å². The third-order valence-corrected chi connectivity index (χ3v) is 2.40. The quantitative estimate of drug-likeness (QED) is 0.452. The summed E-state index contributed by atoms with van der Waals surface area (Å²) in [4.78, 5) is 32.3. The smallest absolute Gasteiger partial charge is 0.305 e. The summed E-state index contributed by atoms with van der Waals surface area (Å²) in [6.45, 7) is 0.503. The molecule has 0 bridgehead atoms. The minimum atomic E-state index is -0.816. The molecule has 1 amide bonds. The molecule has 0 unspecified atom stereocenters. The van der Waals surface area contributed by atoms with E-state index in [1.165, 1.54) is 7.11 Å². The van der Waals surface area contributed by atoms with E-state index >= 15 is 0 Å². The Labute approximate surface area is 107 Å². The molecule has 0 radical (unpaired) electrons. The fourth-order valence-electron chi connectivity index (χ4n) is 1.37. The first-order valence-electron chi connectivity index (χ1n) is 6.11. The molecular formula is C12H21NO5. The molecule has 6 heteroatoms. The van der Waals surface area contributed by atoms with Crippen LogP contribution in [0, 0.1) is 0 Å². The number of carbonyl (C=O) groups excluding carboxylic acids is 2. The van der Waals surface area contributed by atoms with Gasteiger partial charge in [0, 0.05) is 25.8 Å². The van der Waals surface area contributed by atoms with Crippen LogP contribution in [0.4, 0.5) is 0 Å². The van der Waals surface area contributed by atoms with Gasteiger partial charge in [-0.25, -0.2) is 0 Å². The first-order chi connectivity index (χ1) is 8.56. The van der Waals surface area contributed by atoms with Crippen LogP contribution in [-0.4, -0.2) is 36.6 Å². The normalized spacial score (nSPS) is 9.83. The van der Waals surface area contributed by atoms with Crippen molar-refractivity contribution in [3.8, 4) is 0 Å². The summed E-state index contributed by atoms with van der Waals surface area (Å²) in [6.07, 6.45) is 3.38. The zero-order valence-electron chi connectivity index (χ0n) is 10.7. The number of esters is 1. The van der Waals surface area contributed by atoms with Gasteiger partial charge in [-0.1, -0.05) is 0 Å². The molecule has 0 saturated carbocycles. The Hall–Kier alpha value is -1.59. The lowest BCUT2D eigenvalue weighted by atomic mass is 10.2. The SMILES string of the molecule is COC(=O)CCCCC(=O)NCCCCC(=O)O. The predicted molar refractivity (Wildman–Crippen MR) is 65.0 cm³/mol. The van der Waals surface area contributed by atoms with Crippen molar-refractivity contribution in [2.75, 3.05) is 13.7 Å². The number of amides is 1. The van der Waals surface area contributed by atoms with Crippen LogP contribution in [-0.2, 0) is 19.1 Å². The summed E-state index contributed by atoms with van der Waals surface area (Å²) in [7, 11) is 1.34. The summed E-state index contributed by atoms with van der Waals surface area (Å²) in [5, 5.41) is 11.1. The molecule has 0 aromatic carbocycles. The third-order valence-electron chi connectivity index (χ3n) is 2.40. The molecule has 0 rings (SSSR count). The number of rotatable bonds is 10. The monoisotopic (exact) mass is 259 g/mol. The molecule has 0 atom stereocenters. The maximum absolute atomic E-state index is 11.3. The van der Waals surface area contributed by atoms with Gasteiger partial charge in [0.1, 0.15) is 0 Å². The minimum absolute atomic E-state index is 0.0600. The average Bonchev–Trinajstić information content (AvgIpc) is 2.33. The number of ether oxygens (including phenoxy) is 1. The maximum Gasteiger partial charge on any atom is 0.305 e. The third kappa shape index (κ3) is 10.9. The second-order valence-electron chi connectivity index (χ2n) is 3.98. The van der Waals surface area contributed by atoms with Crippen LogP contribution in [0.25, 0.3) is 0 Å². The van der Waals surface area contributed by atoms with Crippen molar-refractivity contribution in [1.82, 2.24) is 5.32 Å². The van der Waals surface area contributed by atoms with Crippen molar-refractivity contribution in [1.29, 1.82) is 0 Å². The molecule has 2 N–H and O–H groups in total. The molecule has 18 heavy (non-hydrogen) atoms. The first-order valence-corrected chi connectivity index (χ1v) is 6.11. The van der Waals surface area contributed by atoms with E-state index in [1.54, 1.807) is 0 Å². The van der Waals surface area contributed by atoms with Gasteiger partial charge in [-0.2, -0.15) is 0 Å². The van der Waals surface area contributed by atoms with Gasteiger partial charge in [-0.05, 0) is 25.7 Å². The molecule has 0 aromatic heterocycles. The number of methoxy groups -OCH3 is 1. The Morgan fingerprint density at radius 2 is 1.61 bits per heavy atom. The molecule has 0 aliphatic heterocycles. The highest BCUT2D eigenvalue weighted by molar-refractivity contribution is 5.75. The summed E-state index contributed by atoms with van der Waals surface area (Å²) < 4.78 is 4.48. The molecule has 0 heterocycles. The second kappa shape index (κ2) is 10.6. The zero-order chi connectivity index (χ0) is 13.8. The molecule has 0 spiro atoms. The van der Waals surface area contributed by atoms with Crippen molar-refractivity contribution in [3.63, 3.8) is 0 Å². The summed E-state index contributed by atoms with van der Waals surface area (Å²) in [6, 6.07) is 0. The van der Waals surface area contributed by atoms with Crippen LogP contribution in [0.5, 0.6) is 0 Å². The summed E-state index contributed by atoms with van der Waals surface area (Å²) >= 11 is 0. The molecule has 0 aromatic rings. The summed E-state index contributed by atoms with van der Waals surface area (Å²) in [5.41, 5.74) is 0. The fraction of sp³-hybridized carbons (Fsp3) is 0.750. The van der Waals surface area contributed by atoms with E-state index in [0.29, 0.717) is 45.1 Å². The van der Waals surface area contributed by atoms with Crippen molar-refractivity contribution in [2.45, 2.75) is 44.9 Å². The van der Waals surface area contributed by atoms with Gasteiger partial charge in [0.15, 0.2) is 0 Å². The molecule has 6 nitrogen and oxygen atoms in total. The molecule has 0 aliphatic carbocycles. The number of nitrogens with one attached hydrogen (secondary N) is 1. The number of aliphatic carboxylic acids is 1. The standard InChI is InChI=1S/C12H21NO5/c1-18-12(17)8-3-2-6-10(14)13-9-5-4-7-11(15)16/h2-9H2,1H3,(H,13,14)(H,15,16). The minimum Gasteiger partial charge on any atom is -0.481 e. The Balaban J connectivity index is 3.32. The zero-order valence-corrected chi connectivity index (χ0v) is 10.7. The van der Waals surface area contributed by atoms with E-state index in [0.717, 1.165) is 0 Å². The van der Waals surface area contributed by atoms with Gasteiger partial charge < -0.3 is 15.2 Å². The van der Waals surface area contributed by atoms with E-state index < -0.39 is 5.97 Å². The average molecular weight is 259 g/mol. The fourth-order valence-corrected chi connectivity index (χ4v) is 1.37. The molecule has 0 fully saturated rings. The largest absolute Gasteiger partial charge is 0.481 e. The Morgan fingerprint density at radius 1 is 1.00 bits per heavy atom. The van der Waals surface area contributed by atoms with Gasteiger partial charge in [0.05, 0.1) is 7.11 Å². The lowest BCUT2D eigenvalue weighted by Crippen LogP contribution is -2.24. The van der Waals surface area contributed by atoms with Crippen molar-refractivity contribution in [2.24, 2.45) is 0 Å². The van der Waals surface area contributed by atoms with Crippen LogP contribution in [0.3, 0.4) is 0 Å². The number of carboxylic acids is 1. The molecular weight excluding hydrogens is 238 g/mol. The van der Waals surface area contributed by atoms with Crippen molar-refractivity contribution >= 4 is 17.8 Å². The Morgan fingerprint density at radius 3 is 2.22 bits per heavy atom. The highest BCUT2D eigenvalue weighted by Gasteiger charge is 2.03. The van der Waals surface area contributed by atoms with E-state index in [-0.39, 0.29) is 18.3 Å². The Kier molecular flexibility index (Phi) is 9.62. The van der Waals surface area contributed by atoms with E-state index in [9.17, 15) is 14.4 Å². The number of unbranched alkanes of at least 4 members (excludes halogenated alkanes) is 2. The number of carbonyl (C=O) groups is 3. The van der Waals surface area contributed by atoms with E-state index in [2.05, 4.69) is 10.1 Å². The summed E-state index contributed by atoms with van der Waals surface area (Å²) in [5.74, 6) is -1.14. The van der Waals surface area contributed by atoms with Crippen LogP contribution in [0.1, 0.15) is 44.9 Å². The number of hydrogen-bond acceptors (Lipinski definition) is 4. The first kappa shape index (κ1) is 16.4. The van der Waals surface area contributed by atoms with Crippen molar-refractivity contribution < 1.29 is 24.2 Å². The highest BCUT2D eigenvalue weighted by Crippen LogP contribution is 2.01. The Bertz CT molecular complexity index is 278. The van der Waals surface area contributed by atoms with Crippen LogP contribution in [0.2, 0.25) is 0 Å². The van der Waals surface area contributed by atoms with Crippen molar-refractivity contribution in [3.05, 3.63) is 0 Å². The van der Waals surface area contributed by atoms with Crippen LogP contribution < -0.4 is 5.32 Å². The van der Waals surface area contributed by atoms with E-state index in [4.69, 9.17) is 5.11 Å². The van der Waals surface area contributed by atoms with Gasteiger partial charge in [0.2, 0.25) is 5.91 Å². The van der Waals surface area contributed by atoms with Gasteiger partial charge >= 0.3 is 11.9 Å². The number of carboxylic acid groups (broad SMARTS) is 1. The van der Waals surface area contributed by atoms with Crippen LogP contribution >= 0.6 is 0 Å². The lowest BCUT2D eigenvalue weighted by Gasteiger charge is -2.04.